The van der Waals surface area contributed by atoms with Crippen LogP contribution in [0.4, 0.5) is 4.39 Å². The summed E-state index contributed by atoms with van der Waals surface area (Å²) >= 11 is 0. The van der Waals surface area contributed by atoms with Gasteiger partial charge in [0.15, 0.2) is 17.5 Å². The highest BCUT2D eigenvalue weighted by atomic mass is 19.1. The van der Waals surface area contributed by atoms with E-state index in [0.717, 1.165) is 11.1 Å². The molecular weight excluding hydrogens is 407 g/mol. The summed E-state index contributed by atoms with van der Waals surface area (Å²) in [5.41, 5.74) is 2.44. The molecule has 0 heterocycles. The molecule has 2 aromatic carbocycles. The fourth-order valence-electron chi connectivity index (χ4n) is 3.20. The minimum atomic E-state index is -0.342. The van der Waals surface area contributed by atoms with Gasteiger partial charge in [-0.25, -0.2) is 9.38 Å². The van der Waals surface area contributed by atoms with Crippen molar-refractivity contribution in [3.05, 3.63) is 65.0 Å². The summed E-state index contributed by atoms with van der Waals surface area (Å²) in [6, 6.07) is 12.4. The lowest BCUT2D eigenvalue weighted by Gasteiger charge is -2.19. The minimum Gasteiger partial charge on any atom is -0.490 e. The normalized spacial score (nSPS) is 14.6. The van der Waals surface area contributed by atoms with E-state index in [4.69, 9.17) is 4.74 Å². The van der Waals surface area contributed by atoms with E-state index in [2.05, 4.69) is 20.9 Å². The Bertz CT molecular complexity index is 926. The standard InChI is InChI=1S/C25H33FN4O2/c1-4-27-24(31)20-10-8-18(9-11-20)15-29-25(28-5-2)30-17(3)21-12-13-23(22(26)14-21)32-16-19-6-7-19/h8-14,17,19H,4-7,15-16H2,1-3H3,(H,27,31)(H2,28,29,30). The molecular formula is C25H33FN4O2. The van der Waals surface area contributed by atoms with Crippen molar-refractivity contribution in [1.82, 2.24) is 16.0 Å². The molecule has 172 valence electrons. The third kappa shape index (κ3) is 6.97. The molecule has 1 atom stereocenters. The molecule has 1 amide bonds. The molecule has 32 heavy (non-hydrogen) atoms. The predicted molar refractivity (Wildman–Crippen MR) is 125 cm³/mol. The fourth-order valence-corrected chi connectivity index (χ4v) is 3.20. The highest BCUT2D eigenvalue weighted by Crippen LogP contribution is 2.30. The topological polar surface area (TPSA) is 74.8 Å². The van der Waals surface area contributed by atoms with Gasteiger partial charge in [-0.1, -0.05) is 18.2 Å². The molecule has 3 rings (SSSR count). The van der Waals surface area contributed by atoms with Gasteiger partial charge < -0.3 is 20.7 Å². The summed E-state index contributed by atoms with van der Waals surface area (Å²) in [5.74, 6) is 1.11. The Kier molecular flexibility index (Phi) is 8.48. The van der Waals surface area contributed by atoms with E-state index in [1.54, 1.807) is 18.2 Å². The summed E-state index contributed by atoms with van der Waals surface area (Å²) in [6.07, 6.45) is 2.34. The molecule has 0 bridgehead atoms. The fraction of sp³-hybridized carbons (Fsp3) is 0.440. The molecule has 1 fully saturated rings. The van der Waals surface area contributed by atoms with E-state index in [1.807, 2.05) is 39.0 Å². The lowest BCUT2D eigenvalue weighted by Crippen LogP contribution is -2.38. The second-order valence-electron chi connectivity index (χ2n) is 8.06. The first-order valence-electron chi connectivity index (χ1n) is 11.3. The van der Waals surface area contributed by atoms with Crippen LogP contribution >= 0.6 is 0 Å². The van der Waals surface area contributed by atoms with E-state index >= 15 is 0 Å². The molecule has 1 aliphatic carbocycles. The molecule has 2 aromatic rings. The number of halogens is 1. The highest BCUT2D eigenvalue weighted by molar-refractivity contribution is 5.94. The zero-order valence-electron chi connectivity index (χ0n) is 19.1. The summed E-state index contributed by atoms with van der Waals surface area (Å²) in [5, 5.41) is 9.33. The number of rotatable bonds is 10. The van der Waals surface area contributed by atoms with Gasteiger partial charge in [-0.05, 0) is 74.9 Å². The Labute approximate surface area is 189 Å². The number of hydrogen-bond donors (Lipinski definition) is 3. The minimum absolute atomic E-state index is 0.0810. The summed E-state index contributed by atoms with van der Waals surface area (Å²) in [6.45, 7) is 8.20. The van der Waals surface area contributed by atoms with Crippen LogP contribution in [0.25, 0.3) is 0 Å². The molecule has 1 unspecified atom stereocenters. The van der Waals surface area contributed by atoms with Crippen molar-refractivity contribution in [1.29, 1.82) is 0 Å². The van der Waals surface area contributed by atoms with E-state index in [0.29, 0.717) is 49.4 Å². The van der Waals surface area contributed by atoms with E-state index < -0.39 is 0 Å². The summed E-state index contributed by atoms with van der Waals surface area (Å²) < 4.78 is 20.0. The average Bonchev–Trinajstić information content (AvgIpc) is 3.62. The highest BCUT2D eigenvalue weighted by Gasteiger charge is 2.22. The zero-order valence-corrected chi connectivity index (χ0v) is 19.1. The van der Waals surface area contributed by atoms with Crippen LogP contribution in [-0.2, 0) is 6.54 Å². The molecule has 0 aromatic heterocycles. The van der Waals surface area contributed by atoms with Crippen LogP contribution < -0.4 is 20.7 Å². The molecule has 1 saturated carbocycles. The molecule has 7 heteroatoms. The summed E-state index contributed by atoms with van der Waals surface area (Å²) in [4.78, 5) is 16.5. The quantitative estimate of drug-likeness (QED) is 0.383. The van der Waals surface area contributed by atoms with Crippen molar-refractivity contribution in [2.75, 3.05) is 19.7 Å². The molecule has 0 aliphatic heterocycles. The number of guanidine groups is 1. The third-order valence-electron chi connectivity index (χ3n) is 5.30. The Morgan fingerprint density at radius 1 is 1.12 bits per heavy atom. The van der Waals surface area contributed by atoms with Crippen molar-refractivity contribution in [3.8, 4) is 5.75 Å². The van der Waals surface area contributed by atoms with Crippen LogP contribution in [0.15, 0.2) is 47.5 Å². The predicted octanol–water partition coefficient (Wildman–Crippen LogP) is 4.18. The molecule has 6 nitrogen and oxygen atoms in total. The lowest BCUT2D eigenvalue weighted by atomic mass is 10.1. The average molecular weight is 441 g/mol. The smallest absolute Gasteiger partial charge is 0.251 e. The van der Waals surface area contributed by atoms with Crippen molar-refractivity contribution in [2.45, 2.75) is 46.2 Å². The Hall–Kier alpha value is -3.09. The van der Waals surface area contributed by atoms with Crippen molar-refractivity contribution in [3.63, 3.8) is 0 Å². The van der Waals surface area contributed by atoms with Crippen LogP contribution in [0.5, 0.6) is 5.75 Å². The number of carbonyl (C=O) groups excluding carboxylic acids is 1. The number of carbonyl (C=O) groups is 1. The number of hydrogen-bond acceptors (Lipinski definition) is 3. The zero-order chi connectivity index (χ0) is 22.9. The van der Waals surface area contributed by atoms with Gasteiger partial charge in [0.2, 0.25) is 0 Å². The molecule has 0 radical (unpaired) electrons. The van der Waals surface area contributed by atoms with Gasteiger partial charge in [0.05, 0.1) is 19.2 Å². The van der Waals surface area contributed by atoms with Crippen LogP contribution in [-0.4, -0.2) is 31.6 Å². The number of ether oxygens (including phenoxy) is 1. The van der Waals surface area contributed by atoms with Gasteiger partial charge in [-0.15, -0.1) is 0 Å². The van der Waals surface area contributed by atoms with Crippen molar-refractivity contribution >= 4 is 11.9 Å². The second-order valence-corrected chi connectivity index (χ2v) is 8.06. The maximum atomic E-state index is 14.4. The first kappa shape index (κ1) is 23.6. The molecule has 3 N–H and O–H groups in total. The van der Waals surface area contributed by atoms with E-state index in [1.165, 1.54) is 18.9 Å². The lowest BCUT2D eigenvalue weighted by molar-refractivity contribution is 0.0956. The molecule has 0 saturated heterocycles. The van der Waals surface area contributed by atoms with E-state index in [-0.39, 0.29) is 17.8 Å². The molecule has 1 aliphatic rings. The van der Waals surface area contributed by atoms with Crippen LogP contribution in [0.3, 0.4) is 0 Å². The van der Waals surface area contributed by atoms with E-state index in [9.17, 15) is 9.18 Å². The number of amides is 1. The Balaban J connectivity index is 1.60. The molecule has 0 spiro atoms. The van der Waals surface area contributed by atoms with Gasteiger partial charge in [-0.2, -0.15) is 0 Å². The second kappa shape index (κ2) is 11.5. The number of nitrogens with zero attached hydrogens (tertiary/aromatic N) is 1. The Morgan fingerprint density at radius 2 is 1.84 bits per heavy atom. The Morgan fingerprint density at radius 3 is 2.47 bits per heavy atom. The largest absolute Gasteiger partial charge is 0.490 e. The number of benzene rings is 2. The maximum Gasteiger partial charge on any atom is 0.251 e. The first-order valence-corrected chi connectivity index (χ1v) is 11.3. The number of nitrogens with one attached hydrogen (secondary N) is 3. The van der Waals surface area contributed by atoms with Crippen molar-refractivity contribution in [2.24, 2.45) is 10.9 Å². The summed E-state index contributed by atoms with van der Waals surface area (Å²) in [7, 11) is 0. The van der Waals surface area contributed by atoms with Crippen LogP contribution in [0.1, 0.15) is 61.1 Å². The van der Waals surface area contributed by atoms with Gasteiger partial charge in [0, 0.05) is 18.7 Å². The monoisotopic (exact) mass is 440 g/mol. The van der Waals surface area contributed by atoms with Gasteiger partial charge in [0.1, 0.15) is 0 Å². The first-order chi connectivity index (χ1) is 15.5. The van der Waals surface area contributed by atoms with Gasteiger partial charge in [-0.3, -0.25) is 4.79 Å². The van der Waals surface area contributed by atoms with Crippen LogP contribution in [0, 0.1) is 11.7 Å². The maximum absolute atomic E-state index is 14.4. The van der Waals surface area contributed by atoms with Gasteiger partial charge in [0.25, 0.3) is 5.91 Å². The van der Waals surface area contributed by atoms with Crippen LogP contribution in [0.2, 0.25) is 0 Å². The van der Waals surface area contributed by atoms with Crippen molar-refractivity contribution < 1.29 is 13.9 Å². The SMILES string of the molecule is CCNC(=O)c1ccc(CN=C(NCC)NC(C)c2ccc(OCC3CC3)c(F)c2)cc1. The third-order valence-corrected chi connectivity index (χ3v) is 5.30. The number of aliphatic imine (C=N–C) groups is 1. The van der Waals surface area contributed by atoms with Gasteiger partial charge >= 0.3 is 0 Å².